The van der Waals surface area contributed by atoms with E-state index in [1.54, 1.807) is 0 Å². The molecule has 0 heterocycles. The Morgan fingerprint density at radius 2 is 0.926 bits per heavy atom. The van der Waals surface area contributed by atoms with Crippen LogP contribution in [0.25, 0.3) is 0 Å². The van der Waals surface area contributed by atoms with E-state index in [1.165, 1.54) is 41.4 Å². The van der Waals surface area contributed by atoms with Crippen LogP contribution in [0.1, 0.15) is 113 Å². The van der Waals surface area contributed by atoms with Crippen LogP contribution in [0.2, 0.25) is 4.18 Å². The summed E-state index contributed by atoms with van der Waals surface area (Å²) < 4.78 is 1.38. The van der Waals surface area contributed by atoms with Crippen molar-refractivity contribution in [1.29, 1.82) is 0 Å². The Bertz CT molecular complexity index is 320. The summed E-state index contributed by atoms with van der Waals surface area (Å²) in [6.45, 7) is 15.4. The van der Waals surface area contributed by atoms with Gasteiger partial charge in [-0.1, -0.05) is 67.2 Å². The molecule has 0 aromatic carbocycles. The van der Waals surface area contributed by atoms with E-state index in [0.29, 0.717) is 10.8 Å². The number of hydrogen-bond acceptors (Lipinski definition) is 4. The Balaban J connectivity index is -0.000000372. The van der Waals surface area contributed by atoms with Gasteiger partial charge in [-0.2, -0.15) is 0 Å². The van der Waals surface area contributed by atoms with Gasteiger partial charge < -0.3 is 19.8 Å². The van der Waals surface area contributed by atoms with Gasteiger partial charge in [-0.3, -0.25) is 0 Å². The number of carbonyl (C=O) groups excluding carboxylic acids is 2. The monoisotopic (exact) mass is 486 g/mol. The van der Waals surface area contributed by atoms with E-state index in [0.717, 1.165) is 38.5 Å². The van der Waals surface area contributed by atoms with Crippen LogP contribution in [0.3, 0.4) is 0 Å². The predicted octanol–water partition coefficient (Wildman–Crippen LogP) is 4.06. The fraction of sp³-hybridized carbons (Fsp3) is 0.909. The predicted molar refractivity (Wildman–Crippen MR) is 111 cm³/mol. The fourth-order valence-corrected chi connectivity index (χ4v) is 2.20. The molecule has 0 saturated carbocycles. The molecule has 0 aliphatic rings. The van der Waals surface area contributed by atoms with E-state index < -0.39 is 11.9 Å². The Labute approximate surface area is 183 Å². The number of carboxylic acids is 2. The summed E-state index contributed by atoms with van der Waals surface area (Å²) in [4.78, 5) is 20.1. The first-order valence-electron chi connectivity index (χ1n) is 10.3. The molecule has 158 valence electrons. The molecule has 0 unspecified atom stereocenters. The summed E-state index contributed by atoms with van der Waals surface area (Å²) >= 11 is 1.42. The van der Waals surface area contributed by atoms with Gasteiger partial charge in [0, 0.05) is 11.9 Å². The quantitative estimate of drug-likeness (QED) is 0.437. The average molecular weight is 486 g/mol. The topological polar surface area (TPSA) is 80.3 Å². The number of hydrogen-bond donors (Lipinski definition) is 0. The summed E-state index contributed by atoms with van der Waals surface area (Å²) in [6.07, 6.45) is 8.54. The van der Waals surface area contributed by atoms with Crippen LogP contribution in [0.5, 0.6) is 0 Å². The minimum atomic E-state index is -0.925. The van der Waals surface area contributed by atoms with Crippen LogP contribution in [0.15, 0.2) is 0 Å². The second kappa shape index (κ2) is 19.1. The van der Waals surface area contributed by atoms with Crippen molar-refractivity contribution in [3.8, 4) is 0 Å². The molecule has 0 spiro atoms. The van der Waals surface area contributed by atoms with Crippen LogP contribution in [-0.2, 0) is 9.59 Å². The molecule has 0 atom stereocenters. The van der Waals surface area contributed by atoms with E-state index in [-0.39, 0.29) is 12.8 Å². The first kappa shape index (κ1) is 31.5. The maximum atomic E-state index is 10.0. The first-order valence-corrected chi connectivity index (χ1v) is 12.7. The van der Waals surface area contributed by atoms with E-state index in [9.17, 15) is 19.8 Å². The minimum absolute atomic E-state index is 0.212. The summed E-state index contributed by atoms with van der Waals surface area (Å²) in [5, 5.41) is 20.1. The Morgan fingerprint density at radius 1 is 0.667 bits per heavy atom. The van der Waals surface area contributed by atoms with Crippen LogP contribution in [-0.4, -0.2) is 36.3 Å². The zero-order valence-electron chi connectivity index (χ0n) is 19.0. The molecular formula is C22H43InO4. The third kappa shape index (κ3) is 46.1. The van der Waals surface area contributed by atoms with Crippen molar-refractivity contribution in [2.75, 3.05) is 0 Å². The SMILES string of the molecule is CC(C)(C)CCCCCC(=O)[O-].CC(C)(C)CCCCCC(=O)[O-].C[CH2][In+2]. The Kier molecular flexibility index (Phi) is 22.3. The molecule has 0 aromatic heterocycles. The average Bonchev–Trinajstić information content (AvgIpc) is 2.45. The molecule has 0 rings (SSSR count). The molecule has 0 aliphatic carbocycles. The van der Waals surface area contributed by atoms with Gasteiger partial charge in [-0.15, -0.1) is 0 Å². The fourth-order valence-electron chi connectivity index (χ4n) is 2.20. The molecule has 0 fully saturated rings. The van der Waals surface area contributed by atoms with Gasteiger partial charge in [0.15, 0.2) is 0 Å². The molecule has 0 radical (unpaired) electrons. The van der Waals surface area contributed by atoms with Crippen molar-refractivity contribution < 1.29 is 19.8 Å². The molecule has 0 aromatic rings. The second-order valence-corrected chi connectivity index (χ2v) is 11.7. The van der Waals surface area contributed by atoms with E-state index >= 15 is 0 Å². The van der Waals surface area contributed by atoms with Gasteiger partial charge >= 0.3 is 35.5 Å². The van der Waals surface area contributed by atoms with Crippen molar-refractivity contribution in [2.24, 2.45) is 10.8 Å². The Morgan fingerprint density at radius 3 is 1.11 bits per heavy atom. The normalized spacial score (nSPS) is 11.0. The third-order valence-electron chi connectivity index (χ3n) is 3.62. The van der Waals surface area contributed by atoms with Crippen LogP contribution in [0.4, 0.5) is 0 Å². The summed E-state index contributed by atoms with van der Waals surface area (Å²) in [7, 11) is 0. The van der Waals surface area contributed by atoms with Crippen molar-refractivity contribution in [2.45, 2.75) is 117 Å². The molecule has 0 bridgehead atoms. The zero-order chi connectivity index (χ0) is 21.9. The first-order chi connectivity index (χ1) is 12.2. The zero-order valence-corrected chi connectivity index (χ0v) is 22.3. The standard InChI is InChI=1S/2C10H20O2.C2H5.In/c2*1-10(2,3)8-6-4-5-7-9(11)12;1-2;/h2*4-8H2,1-3H3,(H,11,12);1H2,2H3;/q;;;+2/p-2. The molecule has 0 N–H and O–H groups in total. The maximum absolute atomic E-state index is 10.0. The van der Waals surface area contributed by atoms with E-state index in [1.807, 2.05) is 0 Å². The van der Waals surface area contributed by atoms with Crippen LogP contribution < -0.4 is 10.2 Å². The Hall–Kier alpha value is -0.190. The summed E-state index contributed by atoms with van der Waals surface area (Å²) in [5.74, 6) is -1.85. The molecule has 4 nitrogen and oxygen atoms in total. The van der Waals surface area contributed by atoms with E-state index in [4.69, 9.17) is 0 Å². The van der Waals surface area contributed by atoms with Crippen LogP contribution in [0, 0.1) is 10.8 Å². The summed E-state index contributed by atoms with van der Waals surface area (Å²) in [5.41, 5.74) is 0.753. The van der Waals surface area contributed by atoms with Gasteiger partial charge in [0.1, 0.15) is 0 Å². The van der Waals surface area contributed by atoms with Gasteiger partial charge in [-0.25, -0.2) is 0 Å². The second-order valence-electron chi connectivity index (χ2n) is 9.39. The van der Waals surface area contributed by atoms with Crippen molar-refractivity contribution >= 4 is 36.3 Å². The van der Waals surface area contributed by atoms with Crippen molar-refractivity contribution in [1.82, 2.24) is 0 Å². The number of rotatable bonds is 10. The molecule has 0 amide bonds. The van der Waals surface area contributed by atoms with Gasteiger partial charge in [-0.05, 0) is 49.4 Å². The molecule has 0 saturated heterocycles. The number of carbonyl (C=O) groups is 2. The molecule has 27 heavy (non-hydrogen) atoms. The number of aliphatic carboxylic acids is 2. The van der Waals surface area contributed by atoms with Gasteiger partial charge in [0.05, 0.1) is 0 Å². The number of carboxylic acid groups (broad SMARTS) is 2. The number of unbranched alkanes of at least 4 members (excludes halogenated alkanes) is 4. The van der Waals surface area contributed by atoms with Gasteiger partial charge in [0.2, 0.25) is 0 Å². The van der Waals surface area contributed by atoms with Gasteiger partial charge in [0.25, 0.3) is 0 Å². The van der Waals surface area contributed by atoms with E-state index in [2.05, 4.69) is 48.5 Å². The molecule has 5 heteroatoms. The van der Waals surface area contributed by atoms with Crippen molar-refractivity contribution in [3.05, 3.63) is 0 Å². The molecular weight excluding hydrogens is 443 g/mol. The summed E-state index contributed by atoms with van der Waals surface area (Å²) in [6, 6.07) is 0. The molecule has 0 aliphatic heterocycles. The third-order valence-corrected chi connectivity index (χ3v) is 3.62. The van der Waals surface area contributed by atoms with Crippen molar-refractivity contribution in [3.63, 3.8) is 0 Å². The van der Waals surface area contributed by atoms with Crippen LogP contribution >= 0.6 is 0 Å².